The van der Waals surface area contributed by atoms with Gasteiger partial charge in [0, 0.05) is 30.1 Å². The molecule has 2 aliphatic heterocycles. The fourth-order valence-electron chi connectivity index (χ4n) is 3.18. The summed E-state index contributed by atoms with van der Waals surface area (Å²) in [7, 11) is 1.37. The Labute approximate surface area is 169 Å². The Morgan fingerprint density at radius 2 is 2.14 bits per heavy atom. The van der Waals surface area contributed by atoms with Gasteiger partial charge >= 0.3 is 12.1 Å². The average Bonchev–Trinajstić information content (AvgIpc) is 2.70. The van der Waals surface area contributed by atoms with Crippen LogP contribution in [-0.2, 0) is 19.1 Å². The summed E-state index contributed by atoms with van der Waals surface area (Å²) in [5, 5.41) is 12.1. The molecule has 28 heavy (non-hydrogen) atoms. The van der Waals surface area contributed by atoms with Crippen LogP contribution in [-0.4, -0.2) is 71.8 Å². The van der Waals surface area contributed by atoms with Crippen LogP contribution in [0.5, 0.6) is 0 Å². The lowest BCUT2D eigenvalue weighted by atomic mass is 9.88. The molecule has 2 saturated heterocycles. The second-order valence-corrected chi connectivity index (χ2v) is 8.05. The average molecular weight is 428 g/mol. The van der Waals surface area contributed by atoms with Gasteiger partial charge in [0.2, 0.25) is 12.3 Å². The third-order valence-corrected chi connectivity index (χ3v) is 6.62. The highest BCUT2D eigenvalue weighted by Gasteiger charge is 2.59. The molecule has 0 saturated carbocycles. The number of rotatable bonds is 6. The number of anilines is 1. The van der Waals surface area contributed by atoms with E-state index in [0.717, 1.165) is 0 Å². The maximum Gasteiger partial charge on any atom is 0.406 e. The first-order valence-corrected chi connectivity index (χ1v) is 9.75. The van der Waals surface area contributed by atoms with Crippen molar-refractivity contribution in [3.05, 3.63) is 29.3 Å². The van der Waals surface area contributed by atoms with Crippen molar-refractivity contribution < 1.29 is 29.0 Å². The molecule has 2 heterocycles. The monoisotopic (exact) mass is 427 g/mol. The van der Waals surface area contributed by atoms with Crippen LogP contribution < -0.4 is 10.2 Å². The first-order chi connectivity index (χ1) is 13.3. The number of fused-ring (bicyclic) bond motifs is 1. The third kappa shape index (κ3) is 3.49. The summed E-state index contributed by atoms with van der Waals surface area (Å²) >= 11 is 7.11. The van der Waals surface area contributed by atoms with Gasteiger partial charge in [0.25, 0.3) is 0 Å². The van der Waals surface area contributed by atoms with Gasteiger partial charge in [0.1, 0.15) is 23.4 Å². The molecule has 3 amide bonds. The fourth-order valence-corrected chi connectivity index (χ4v) is 4.88. The minimum absolute atomic E-state index is 0.0976. The van der Waals surface area contributed by atoms with E-state index in [1.54, 1.807) is 24.3 Å². The number of β-lactam (4-membered cyclic amide) rings is 1. The molecule has 2 aliphatic rings. The lowest BCUT2D eigenvalue weighted by Gasteiger charge is -2.55. The van der Waals surface area contributed by atoms with Crippen LogP contribution in [0.1, 0.15) is 0 Å². The van der Waals surface area contributed by atoms with E-state index in [4.69, 9.17) is 16.3 Å². The number of hydrogen-bond donors (Lipinski definition) is 2. The topological polar surface area (TPSA) is 116 Å². The number of ether oxygens (including phenoxy) is 1. The molecule has 3 rings (SSSR count). The minimum atomic E-state index is -1.40. The van der Waals surface area contributed by atoms with Crippen LogP contribution in [0.2, 0.25) is 5.02 Å². The molecule has 0 spiro atoms. The number of benzene rings is 1. The summed E-state index contributed by atoms with van der Waals surface area (Å²) in [4.78, 5) is 50.3. The summed E-state index contributed by atoms with van der Waals surface area (Å²) in [6, 6.07) is 5.79. The van der Waals surface area contributed by atoms with E-state index in [0.29, 0.717) is 17.1 Å². The van der Waals surface area contributed by atoms with E-state index < -0.39 is 23.5 Å². The van der Waals surface area contributed by atoms with Crippen molar-refractivity contribution in [2.45, 2.75) is 11.4 Å². The smallest absolute Gasteiger partial charge is 0.406 e. The molecule has 1 aromatic carbocycles. The maximum atomic E-state index is 12.7. The second-order valence-electron chi connectivity index (χ2n) is 6.51. The quantitative estimate of drug-likeness (QED) is 0.514. The first-order valence-electron chi connectivity index (χ1n) is 8.32. The normalized spacial score (nSPS) is 25.9. The Bertz CT molecular complexity index is 807. The van der Waals surface area contributed by atoms with E-state index >= 15 is 0 Å². The summed E-state index contributed by atoms with van der Waals surface area (Å²) in [6.45, 7) is -0.454. The van der Waals surface area contributed by atoms with Crippen molar-refractivity contribution in [3.63, 3.8) is 0 Å². The molecule has 150 valence electrons. The van der Waals surface area contributed by atoms with Crippen LogP contribution in [0.4, 0.5) is 10.5 Å². The van der Waals surface area contributed by atoms with Crippen LogP contribution in [0.15, 0.2) is 24.3 Å². The predicted octanol–water partition coefficient (Wildman–Crippen LogP) is 1.01. The van der Waals surface area contributed by atoms with Gasteiger partial charge in [-0.2, -0.15) is 0 Å². The number of alkyl carbamates (subject to hydrolysis) is 1. The zero-order chi connectivity index (χ0) is 20.5. The van der Waals surface area contributed by atoms with Gasteiger partial charge in [-0.1, -0.05) is 11.6 Å². The molecule has 9 nitrogen and oxygen atoms in total. The number of carboxylic acid groups (broad SMARTS) is 1. The lowest BCUT2D eigenvalue weighted by molar-refractivity contribution is -0.159. The van der Waals surface area contributed by atoms with Crippen LogP contribution in [0, 0.1) is 5.41 Å². The highest BCUT2D eigenvalue weighted by molar-refractivity contribution is 8.00. The molecular weight excluding hydrogens is 410 g/mol. The number of hydrogen-bond acceptors (Lipinski definition) is 6. The van der Waals surface area contributed by atoms with Crippen molar-refractivity contribution in [3.8, 4) is 0 Å². The van der Waals surface area contributed by atoms with E-state index in [-0.39, 0.29) is 30.2 Å². The molecule has 1 aromatic rings. The Morgan fingerprint density at radius 3 is 2.71 bits per heavy atom. The zero-order valence-electron chi connectivity index (χ0n) is 14.8. The van der Waals surface area contributed by atoms with Crippen LogP contribution in [0.3, 0.4) is 0 Å². The number of thioether (sulfide) groups is 1. The molecule has 2 N–H and O–H groups in total. The second kappa shape index (κ2) is 7.88. The maximum absolute atomic E-state index is 12.7. The predicted molar refractivity (Wildman–Crippen MR) is 102 cm³/mol. The number of carbonyl (C=O) groups excluding carboxylic acids is 3. The molecule has 0 radical (unpaired) electrons. The number of nitrogens with one attached hydrogen (secondary N) is 1. The Hall–Kier alpha value is -2.46. The molecule has 2 unspecified atom stereocenters. The lowest BCUT2D eigenvalue weighted by Crippen LogP contribution is -2.74. The van der Waals surface area contributed by atoms with Gasteiger partial charge in [-0.15, -0.1) is 11.8 Å². The first kappa shape index (κ1) is 20.3. The highest BCUT2D eigenvalue weighted by Crippen LogP contribution is 2.44. The van der Waals surface area contributed by atoms with Crippen molar-refractivity contribution in [2.75, 3.05) is 30.9 Å². The summed E-state index contributed by atoms with van der Waals surface area (Å²) in [5.41, 5.74) is -0.878. The molecule has 0 aliphatic carbocycles. The van der Waals surface area contributed by atoms with E-state index in [9.17, 15) is 24.3 Å². The van der Waals surface area contributed by atoms with Gasteiger partial charge in [0.05, 0.1) is 0 Å². The molecule has 11 heteroatoms. The SMILES string of the molecule is CNC(=O)OCC1(C(=O)O)CS[C@@H]2C(N(C=O)c3ccc(Cl)cc3)C(=O)N2C1. The Balaban J connectivity index is 1.76. The molecular formula is C17H18ClN3O6S. The van der Waals surface area contributed by atoms with E-state index in [2.05, 4.69) is 5.32 Å². The molecule has 2 fully saturated rings. The molecule has 0 bridgehead atoms. The van der Waals surface area contributed by atoms with E-state index in [1.807, 2.05) is 0 Å². The van der Waals surface area contributed by atoms with Crippen LogP contribution in [0.25, 0.3) is 0 Å². The van der Waals surface area contributed by atoms with E-state index in [1.165, 1.54) is 28.6 Å². The fraction of sp³-hybridized carbons (Fsp3) is 0.412. The van der Waals surface area contributed by atoms with Gasteiger partial charge in [-0.3, -0.25) is 19.3 Å². The number of aliphatic carboxylic acids is 1. The van der Waals surface area contributed by atoms with Crippen molar-refractivity contribution in [1.29, 1.82) is 0 Å². The zero-order valence-corrected chi connectivity index (χ0v) is 16.4. The number of carbonyl (C=O) groups is 4. The number of carboxylic acids is 1. The largest absolute Gasteiger partial charge is 0.481 e. The third-order valence-electron chi connectivity index (χ3n) is 4.79. The number of amides is 3. The van der Waals surface area contributed by atoms with Gasteiger partial charge in [0.15, 0.2) is 0 Å². The van der Waals surface area contributed by atoms with Gasteiger partial charge in [-0.05, 0) is 24.3 Å². The van der Waals surface area contributed by atoms with Crippen molar-refractivity contribution in [1.82, 2.24) is 10.2 Å². The summed E-state index contributed by atoms with van der Waals surface area (Å²) in [6.07, 6.45) is -0.160. The number of halogens is 1. The van der Waals surface area contributed by atoms with Gasteiger partial charge < -0.3 is 20.1 Å². The molecule has 3 atom stereocenters. The molecule has 0 aromatic heterocycles. The summed E-state index contributed by atoms with van der Waals surface area (Å²) in [5.74, 6) is -1.37. The minimum Gasteiger partial charge on any atom is -0.481 e. The van der Waals surface area contributed by atoms with Gasteiger partial charge in [-0.25, -0.2) is 4.79 Å². The summed E-state index contributed by atoms with van der Waals surface area (Å²) < 4.78 is 4.95. The van der Waals surface area contributed by atoms with Crippen molar-refractivity contribution >= 4 is 53.4 Å². The van der Waals surface area contributed by atoms with Crippen molar-refractivity contribution in [2.24, 2.45) is 5.41 Å². The van der Waals surface area contributed by atoms with Crippen LogP contribution >= 0.6 is 23.4 Å². The Morgan fingerprint density at radius 1 is 1.46 bits per heavy atom. The Kier molecular flexibility index (Phi) is 5.71. The number of nitrogens with zero attached hydrogens (tertiary/aromatic N) is 2. The standard InChI is InChI=1S/C17H18ClN3O6S/c1-19-16(26)27-7-17(15(24)25)6-20-13(23)12(14(20)28-8-17)21(9-22)11-4-2-10(18)3-5-11/h2-5,9,12,14H,6-8H2,1H3,(H,19,26)(H,24,25)/t12?,14-,17?/m1/s1. The highest BCUT2D eigenvalue weighted by atomic mass is 35.5.